The van der Waals surface area contributed by atoms with Crippen LogP contribution in [0, 0.1) is 0 Å². The van der Waals surface area contributed by atoms with E-state index in [4.69, 9.17) is 11.6 Å². The first-order chi connectivity index (χ1) is 11.2. The van der Waals surface area contributed by atoms with Gasteiger partial charge in [-0.15, -0.1) is 0 Å². The number of nitrogens with one attached hydrogen (secondary N) is 2. The van der Waals surface area contributed by atoms with Crippen LogP contribution in [0.25, 0.3) is 0 Å². The average Bonchev–Trinajstić information content (AvgIpc) is 2.53. The van der Waals surface area contributed by atoms with Gasteiger partial charge in [0.15, 0.2) is 9.84 Å². The van der Waals surface area contributed by atoms with E-state index in [2.05, 4.69) is 10.6 Å². The molecule has 0 aliphatic carbocycles. The van der Waals surface area contributed by atoms with Gasteiger partial charge in [-0.2, -0.15) is 0 Å². The molecule has 0 bridgehead atoms. The van der Waals surface area contributed by atoms with Crippen molar-refractivity contribution in [2.75, 3.05) is 18.6 Å². The van der Waals surface area contributed by atoms with Crippen LogP contribution in [-0.4, -0.2) is 33.5 Å². The largest absolute Gasteiger partial charge is 0.355 e. The van der Waals surface area contributed by atoms with Crippen molar-refractivity contribution in [2.45, 2.75) is 4.90 Å². The molecule has 0 aliphatic heterocycles. The summed E-state index contributed by atoms with van der Waals surface area (Å²) in [5, 5.41) is 5.16. The van der Waals surface area contributed by atoms with E-state index >= 15 is 0 Å². The summed E-state index contributed by atoms with van der Waals surface area (Å²) in [6.07, 6.45) is 1.02. The summed E-state index contributed by atoms with van der Waals surface area (Å²) in [5.74, 6) is -0.789. The van der Waals surface area contributed by atoms with Gasteiger partial charge in [-0.25, -0.2) is 8.42 Å². The predicted molar refractivity (Wildman–Crippen MR) is 92.3 cm³/mol. The average molecular weight is 367 g/mol. The number of anilines is 1. The summed E-state index contributed by atoms with van der Waals surface area (Å²) in [7, 11) is -2.04. The topological polar surface area (TPSA) is 92.3 Å². The molecule has 2 aromatic rings. The number of carbonyl (C=O) groups excluding carboxylic acids is 2. The molecule has 0 heterocycles. The lowest BCUT2D eigenvalue weighted by Gasteiger charge is -2.09. The molecular weight excluding hydrogens is 352 g/mol. The monoisotopic (exact) mass is 366 g/mol. The van der Waals surface area contributed by atoms with Gasteiger partial charge in [0.05, 0.1) is 9.92 Å². The molecule has 2 amide bonds. The van der Waals surface area contributed by atoms with Crippen LogP contribution < -0.4 is 10.6 Å². The van der Waals surface area contributed by atoms with Crippen molar-refractivity contribution in [3.05, 3.63) is 58.6 Å². The number of benzene rings is 2. The Labute approximate surface area is 144 Å². The van der Waals surface area contributed by atoms with E-state index in [0.717, 1.165) is 6.26 Å². The summed E-state index contributed by atoms with van der Waals surface area (Å²) < 4.78 is 23.4. The lowest BCUT2D eigenvalue weighted by atomic mass is 10.1. The number of rotatable bonds is 4. The van der Waals surface area contributed by atoms with Gasteiger partial charge in [-0.05, 0) is 36.4 Å². The van der Waals surface area contributed by atoms with Gasteiger partial charge < -0.3 is 10.6 Å². The second-order valence-corrected chi connectivity index (χ2v) is 7.42. The molecule has 0 saturated heterocycles. The minimum absolute atomic E-state index is 0.0515. The normalized spacial score (nSPS) is 11.0. The molecule has 126 valence electrons. The molecule has 0 unspecified atom stereocenters. The summed E-state index contributed by atoms with van der Waals surface area (Å²) in [6.45, 7) is 0. The van der Waals surface area contributed by atoms with E-state index in [9.17, 15) is 18.0 Å². The Morgan fingerprint density at radius 2 is 1.67 bits per heavy atom. The summed E-state index contributed by atoms with van der Waals surface area (Å²) in [6, 6.07) is 10.4. The fraction of sp³-hybridized carbons (Fsp3) is 0.125. The van der Waals surface area contributed by atoms with Crippen LogP contribution in [0.2, 0.25) is 5.02 Å². The molecule has 6 nitrogen and oxygen atoms in total. The summed E-state index contributed by atoms with van der Waals surface area (Å²) >= 11 is 5.86. The van der Waals surface area contributed by atoms with Crippen molar-refractivity contribution in [1.82, 2.24) is 5.32 Å². The van der Waals surface area contributed by atoms with Gasteiger partial charge in [0.1, 0.15) is 0 Å². The zero-order valence-corrected chi connectivity index (χ0v) is 14.5. The van der Waals surface area contributed by atoms with Gasteiger partial charge >= 0.3 is 0 Å². The molecule has 0 saturated carbocycles. The highest BCUT2D eigenvalue weighted by molar-refractivity contribution is 7.90. The highest BCUT2D eigenvalue weighted by Crippen LogP contribution is 2.23. The number of amides is 2. The van der Waals surface area contributed by atoms with Crippen molar-refractivity contribution in [3.63, 3.8) is 0 Å². The minimum Gasteiger partial charge on any atom is -0.355 e. The molecule has 2 N–H and O–H groups in total. The Morgan fingerprint density at radius 1 is 1.00 bits per heavy atom. The summed E-state index contributed by atoms with van der Waals surface area (Å²) in [5.41, 5.74) is 0.949. The lowest BCUT2D eigenvalue weighted by Crippen LogP contribution is -2.18. The SMILES string of the molecule is CNC(=O)c1cccc(NC(=O)c2ccc(Cl)c(S(C)(=O)=O)c2)c1. The highest BCUT2D eigenvalue weighted by Gasteiger charge is 2.16. The first kappa shape index (κ1) is 18.0. The predicted octanol–water partition coefficient (Wildman–Crippen LogP) is 2.36. The molecule has 0 atom stereocenters. The molecule has 24 heavy (non-hydrogen) atoms. The van der Waals surface area contributed by atoms with Crippen molar-refractivity contribution >= 4 is 38.9 Å². The zero-order chi connectivity index (χ0) is 17.9. The second-order valence-electron chi connectivity index (χ2n) is 5.03. The van der Waals surface area contributed by atoms with Gasteiger partial charge in [0, 0.05) is 30.1 Å². The molecule has 0 aromatic heterocycles. The highest BCUT2D eigenvalue weighted by atomic mass is 35.5. The number of hydrogen-bond donors (Lipinski definition) is 2. The molecule has 0 fully saturated rings. The van der Waals surface area contributed by atoms with Crippen LogP contribution in [0.1, 0.15) is 20.7 Å². The maximum absolute atomic E-state index is 12.3. The van der Waals surface area contributed by atoms with Gasteiger partial charge in [-0.1, -0.05) is 17.7 Å². The third kappa shape index (κ3) is 4.12. The van der Waals surface area contributed by atoms with Crippen molar-refractivity contribution < 1.29 is 18.0 Å². The van der Waals surface area contributed by atoms with Crippen LogP contribution in [0.3, 0.4) is 0 Å². The fourth-order valence-electron chi connectivity index (χ4n) is 2.01. The van der Waals surface area contributed by atoms with Crippen LogP contribution >= 0.6 is 11.6 Å². The van der Waals surface area contributed by atoms with Gasteiger partial charge in [0.25, 0.3) is 11.8 Å². The first-order valence-corrected chi connectivity index (χ1v) is 9.12. The molecule has 0 aliphatic rings. The number of carbonyl (C=O) groups is 2. The Kier molecular flexibility index (Phi) is 5.26. The lowest BCUT2D eigenvalue weighted by molar-refractivity contribution is 0.0961. The van der Waals surface area contributed by atoms with E-state index < -0.39 is 15.7 Å². The van der Waals surface area contributed by atoms with E-state index in [0.29, 0.717) is 11.3 Å². The minimum atomic E-state index is -3.55. The van der Waals surface area contributed by atoms with Crippen LogP contribution in [0.5, 0.6) is 0 Å². The second kappa shape index (κ2) is 7.02. The van der Waals surface area contributed by atoms with Crippen molar-refractivity contribution in [3.8, 4) is 0 Å². The number of hydrogen-bond acceptors (Lipinski definition) is 4. The molecule has 0 spiro atoms. The van der Waals surface area contributed by atoms with E-state index in [-0.39, 0.29) is 21.4 Å². The first-order valence-electron chi connectivity index (χ1n) is 6.85. The van der Waals surface area contributed by atoms with Crippen LogP contribution in [-0.2, 0) is 9.84 Å². The van der Waals surface area contributed by atoms with E-state index in [1.807, 2.05) is 0 Å². The van der Waals surface area contributed by atoms with Gasteiger partial charge in [0.2, 0.25) is 0 Å². The Morgan fingerprint density at radius 3 is 2.29 bits per heavy atom. The van der Waals surface area contributed by atoms with E-state index in [1.165, 1.54) is 31.3 Å². The smallest absolute Gasteiger partial charge is 0.255 e. The molecule has 0 radical (unpaired) electrons. The molecule has 2 aromatic carbocycles. The number of halogens is 1. The maximum atomic E-state index is 12.3. The molecule has 2 rings (SSSR count). The van der Waals surface area contributed by atoms with Gasteiger partial charge in [-0.3, -0.25) is 9.59 Å². The zero-order valence-electron chi connectivity index (χ0n) is 13.0. The third-order valence-electron chi connectivity index (χ3n) is 3.20. The molecular formula is C16H15ClN2O4S. The van der Waals surface area contributed by atoms with Crippen LogP contribution in [0.15, 0.2) is 47.4 Å². The fourth-order valence-corrected chi connectivity index (χ4v) is 3.32. The molecule has 8 heteroatoms. The van der Waals surface area contributed by atoms with Crippen molar-refractivity contribution in [1.29, 1.82) is 0 Å². The standard InChI is InChI=1S/C16H15ClN2O4S/c1-18-15(20)10-4-3-5-12(8-10)19-16(21)11-6-7-13(17)14(9-11)24(2,22)23/h3-9H,1-2H3,(H,18,20)(H,19,21). The third-order valence-corrected chi connectivity index (χ3v) is 4.78. The van der Waals surface area contributed by atoms with E-state index in [1.54, 1.807) is 18.2 Å². The van der Waals surface area contributed by atoms with Crippen molar-refractivity contribution in [2.24, 2.45) is 0 Å². The Bertz CT molecular complexity index is 910. The Balaban J connectivity index is 2.29. The maximum Gasteiger partial charge on any atom is 0.255 e. The summed E-state index contributed by atoms with van der Waals surface area (Å²) in [4.78, 5) is 23.8. The Hall–Kier alpha value is -2.38. The quantitative estimate of drug-likeness (QED) is 0.868. The number of sulfone groups is 1. The van der Waals surface area contributed by atoms with Crippen LogP contribution in [0.4, 0.5) is 5.69 Å².